The Bertz CT molecular complexity index is 164. The fraction of sp³-hybridized carbons (Fsp3) is 0.500. The Balaban J connectivity index is 0. The van der Waals surface area contributed by atoms with Crippen LogP contribution < -0.4 is 11.1 Å². The zero-order valence-corrected chi connectivity index (χ0v) is 5.89. The van der Waals surface area contributed by atoms with E-state index in [1.54, 1.807) is 5.32 Å². The van der Waals surface area contributed by atoms with Crippen molar-refractivity contribution in [2.45, 2.75) is 12.5 Å². The van der Waals surface area contributed by atoms with Gasteiger partial charge in [-0.2, -0.15) is 0 Å². The van der Waals surface area contributed by atoms with E-state index in [0.29, 0.717) is 0 Å². The lowest BCUT2D eigenvalue weighted by molar-refractivity contribution is -0.128. The van der Waals surface area contributed by atoms with E-state index in [1.165, 1.54) is 0 Å². The third-order valence-electron chi connectivity index (χ3n) is 0.573. The maximum atomic E-state index is 9.84. The number of nitrogens with two attached hydrogens (primary N) is 1. The molecule has 2 amide bonds. The molecule has 0 spiro atoms. The van der Waals surface area contributed by atoms with Gasteiger partial charge >= 0.3 is 6.03 Å². The number of urea groups is 1. The topological polar surface area (TPSA) is 157 Å². The van der Waals surface area contributed by atoms with Gasteiger partial charge in [0, 0.05) is 0 Å². The average Bonchev–Trinajstić information content (AvgIpc) is 1.87. The fourth-order valence-electron chi connectivity index (χ4n) is 0.220. The highest BCUT2D eigenvalue weighted by molar-refractivity contribution is 5.71. The number of hydrogen-bond acceptors (Lipinski definition) is 6. The Kier molecular flexibility index (Phi) is 8.36. The molecule has 0 saturated carbocycles. The minimum Gasteiger partial charge on any atom is -0.369 e. The number of carbonyl (C=O) groups is 1. The quantitative estimate of drug-likeness (QED) is 0.153. The molecule has 0 bridgehead atoms. The summed E-state index contributed by atoms with van der Waals surface area (Å²) >= 11 is 0. The van der Waals surface area contributed by atoms with Gasteiger partial charge < -0.3 is 26.4 Å². The third-order valence-corrected chi connectivity index (χ3v) is 0.573. The summed E-state index contributed by atoms with van der Waals surface area (Å²) in [6, 6.07) is -1.02. The molecular weight excluding hydrogens is 170 g/mol. The molecule has 0 aliphatic carbocycles. The van der Waals surface area contributed by atoms with E-state index in [1.807, 2.05) is 0 Å². The molecule has 1 unspecified atom stereocenters. The molecule has 0 rings (SSSR count). The van der Waals surface area contributed by atoms with Crippen LogP contribution >= 0.6 is 0 Å². The van der Waals surface area contributed by atoms with Crippen LogP contribution in [0.4, 0.5) is 4.79 Å². The molecule has 8 heteroatoms. The lowest BCUT2D eigenvalue weighted by Crippen LogP contribution is -2.45. The summed E-state index contributed by atoms with van der Waals surface area (Å²) in [6.07, 6.45) is -2.97. The van der Waals surface area contributed by atoms with Crippen molar-refractivity contribution in [1.82, 2.24) is 5.32 Å². The van der Waals surface area contributed by atoms with Crippen LogP contribution in [0.15, 0.2) is 0 Å². The third kappa shape index (κ3) is 11.3. The summed E-state index contributed by atoms with van der Waals surface area (Å²) in [5.74, 6) is 0. The minimum absolute atomic E-state index is 0.750. The second-order valence-corrected chi connectivity index (χ2v) is 1.47. The molecule has 0 aromatic carbocycles. The number of isocyanates is 1. The Labute approximate surface area is 67.1 Å². The van der Waals surface area contributed by atoms with Crippen LogP contribution in [-0.2, 0) is 4.79 Å². The lowest BCUT2D eigenvalue weighted by Gasteiger charge is -2.11. The first-order valence-corrected chi connectivity index (χ1v) is 2.59. The van der Waals surface area contributed by atoms with E-state index in [2.05, 4.69) is 5.73 Å². The second-order valence-electron chi connectivity index (χ2n) is 1.47. The van der Waals surface area contributed by atoms with Crippen LogP contribution in [0.1, 0.15) is 0 Å². The first kappa shape index (κ1) is 13.1. The van der Waals surface area contributed by atoms with Crippen LogP contribution in [0.3, 0.4) is 0 Å². The average molecular weight is 179 g/mol. The highest BCUT2D eigenvalue weighted by Crippen LogP contribution is 1.80. The lowest BCUT2D eigenvalue weighted by atomic mass is 10.5. The number of hydrogen-bond donors (Lipinski definition) is 6. The summed E-state index contributed by atoms with van der Waals surface area (Å²) in [6.45, 7) is 0. The summed E-state index contributed by atoms with van der Waals surface area (Å²) in [5, 5.41) is 31.6. The molecule has 12 heavy (non-hydrogen) atoms. The SMILES string of the molecule is N=C=O.NC(=O)NC(O)C(O)O. The Morgan fingerprint density at radius 1 is 1.50 bits per heavy atom. The van der Waals surface area contributed by atoms with Crippen molar-refractivity contribution in [3.8, 4) is 0 Å². The summed E-state index contributed by atoms with van der Waals surface area (Å²) in [4.78, 5) is 18.2. The molecule has 0 aliphatic rings. The largest absolute Gasteiger partial charge is 0.369 e. The Morgan fingerprint density at radius 2 is 1.83 bits per heavy atom. The summed E-state index contributed by atoms with van der Waals surface area (Å²) < 4.78 is 0. The van der Waals surface area contributed by atoms with Gasteiger partial charge in [-0.3, -0.25) is 0 Å². The number of amides is 2. The van der Waals surface area contributed by atoms with Crippen LogP contribution in [0.5, 0.6) is 0 Å². The Morgan fingerprint density at radius 3 is 1.92 bits per heavy atom. The van der Waals surface area contributed by atoms with E-state index in [4.69, 9.17) is 25.5 Å². The van der Waals surface area contributed by atoms with E-state index in [9.17, 15) is 4.79 Å². The van der Waals surface area contributed by atoms with E-state index < -0.39 is 18.5 Å². The molecule has 0 aromatic rings. The van der Waals surface area contributed by atoms with Gasteiger partial charge in [-0.1, -0.05) is 0 Å². The first-order chi connectivity index (χ1) is 5.45. The second kappa shape index (κ2) is 7.63. The highest BCUT2D eigenvalue weighted by Gasteiger charge is 2.12. The monoisotopic (exact) mass is 179 g/mol. The molecule has 0 fully saturated rings. The molecule has 1 atom stereocenters. The van der Waals surface area contributed by atoms with Gasteiger partial charge in [0.1, 0.15) is 0 Å². The number of rotatable bonds is 2. The van der Waals surface area contributed by atoms with Gasteiger partial charge in [0.15, 0.2) is 12.5 Å². The molecule has 0 aliphatic heterocycles. The van der Waals surface area contributed by atoms with Crippen molar-refractivity contribution in [1.29, 1.82) is 5.41 Å². The van der Waals surface area contributed by atoms with E-state index in [0.717, 1.165) is 6.08 Å². The van der Waals surface area contributed by atoms with Gasteiger partial charge in [0.2, 0.25) is 6.08 Å². The first-order valence-electron chi connectivity index (χ1n) is 2.59. The highest BCUT2D eigenvalue weighted by atomic mass is 16.5. The molecule has 0 saturated heterocycles. The molecule has 8 nitrogen and oxygen atoms in total. The van der Waals surface area contributed by atoms with Crippen molar-refractivity contribution >= 4 is 12.1 Å². The Hall–Kier alpha value is -1.47. The van der Waals surface area contributed by atoms with Crippen LogP contribution in [0.2, 0.25) is 0 Å². The standard InChI is InChI=1S/C3H8N2O4.CHNO/c4-3(9)5-1(6)2(7)8;2-1-3/h1-2,6-8H,(H3,4,5,9);2H. The summed E-state index contributed by atoms with van der Waals surface area (Å²) in [5.41, 5.74) is 4.50. The molecule has 7 N–H and O–H groups in total. The number of carbonyl (C=O) groups excluding carboxylic acids is 2. The van der Waals surface area contributed by atoms with E-state index >= 15 is 0 Å². The van der Waals surface area contributed by atoms with Crippen LogP contribution in [0, 0.1) is 5.41 Å². The minimum atomic E-state index is -2.00. The van der Waals surface area contributed by atoms with Crippen molar-refractivity contribution in [3.05, 3.63) is 0 Å². The number of aliphatic hydroxyl groups excluding tert-OH is 2. The van der Waals surface area contributed by atoms with Gasteiger partial charge in [-0.25, -0.2) is 15.0 Å². The van der Waals surface area contributed by atoms with Gasteiger partial charge in [0.05, 0.1) is 0 Å². The number of nitrogens with one attached hydrogen (secondary N) is 2. The zero-order valence-electron chi connectivity index (χ0n) is 5.89. The maximum Gasteiger partial charge on any atom is 0.314 e. The van der Waals surface area contributed by atoms with Gasteiger partial charge in [-0.15, -0.1) is 0 Å². The van der Waals surface area contributed by atoms with Crippen molar-refractivity contribution in [3.63, 3.8) is 0 Å². The van der Waals surface area contributed by atoms with Crippen molar-refractivity contribution < 1.29 is 24.9 Å². The smallest absolute Gasteiger partial charge is 0.314 e. The molecule has 0 heterocycles. The van der Waals surface area contributed by atoms with Gasteiger partial charge in [-0.05, 0) is 0 Å². The zero-order chi connectivity index (χ0) is 10.1. The van der Waals surface area contributed by atoms with E-state index in [-0.39, 0.29) is 0 Å². The predicted octanol–water partition coefficient (Wildman–Crippen LogP) is -2.82. The molecular formula is C4H9N3O5. The molecule has 0 aromatic heterocycles. The summed E-state index contributed by atoms with van der Waals surface area (Å²) in [7, 11) is 0. The van der Waals surface area contributed by atoms with Crippen molar-refractivity contribution in [2.24, 2.45) is 5.73 Å². The molecule has 0 radical (unpaired) electrons. The fourth-order valence-corrected chi connectivity index (χ4v) is 0.220. The van der Waals surface area contributed by atoms with Gasteiger partial charge in [0.25, 0.3) is 0 Å². The maximum absolute atomic E-state index is 9.84. The number of aliphatic hydroxyl groups is 3. The van der Waals surface area contributed by atoms with Crippen molar-refractivity contribution in [2.75, 3.05) is 0 Å². The number of primary amides is 1. The van der Waals surface area contributed by atoms with Crippen LogP contribution in [0.25, 0.3) is 0 Å². The normalized spacial score (nSPS) is 10.7. The molecule has 70 valence electrons. The van der Waals surface area contributed by atoms with Crippen LogP contribution in [-0.4, -0.2) is 39.9 Å². The predicted molar refractivity (Wildman–Crippen MR) is 35.4 cm³/mol.